The van der Waals surface area contributed by atoms with Crippen LogP contribution in [0.15, 0.2) is 0 Å². The minimum Gasteiger partial charge on any atom is -0.481 e. The number of carbonyl (C=O) groups is 6. The summed E-state index contributed by atoms with van der Waals surface area (Å²) in [7, 11) is 0. The average Bonchev–Trinajstić information content (AvgIpc) is 2.65. The number of carbonyl (C=O) groups excluding carboxylic acids is 3. The first kappa shape index (κ1) is 27.1. The van der Waals surface area contributed by atoms with Crippen molar-refractivity contribution in [3.05, 3.63) is 0 Å². The lowest BCUT2D eigenvalue weighted by Gasteiger charge is -2.23. The molecule has 4 unspecified atom stereocenters. The van der Waals surface area contributed by atoms with E-state index in [1.54, 1.807) is 0 Å². The van der Waals surface area contributed by atoms with Gasteiger partial charge in [-0.2, -0.15) is 12.6 Å². The predicted molar refractivity (Wildman–Crippen MR) is 101 cm³/mol. The van der Waals surface area contributed by atoms with E-state index in [1.165, 1.54) is 0 Å². The van der Waals surface area contributed by atoms with Crippen LogP contribution in [-0.2, 0) is 28.8 Å². The predicted octanol–water partition coefficient (Wildman–Crippen LogP) is -3.89. The molecule has 3 amide bonds. The van der Waals surface area contributed by atoms with Crippen LogP contribution < -0.4 is 21.7 Å². The molecule has 0 bridgehead atoms. The quantitative estimate of drug-likeness (QED) is 0.115. The van der Waals surface area contributed by atoms with E-state index in [4.69, 9.17) is 26.2 Å². The molecule has 0 rings (SSSR count). The summed E-state index contributed by atoms with van der Waals surface area (Å²) in [6, 6.07) is -6.00. The third kappa shape index (κ3) is 10.0. The van der Waals surface area contributed by atoms with Crippen molar-refractivity contribution in [2.24, 2.45) is 5.73 Å². The molecule has 15 heteroatoms. The molecule has 0 fully saturated rings. The molecule has 0 saturated carbocycles. The Hall–Kier alpha value is -2.91. The normalized spacial score (nSPS) is 14.5. The molecule has 0 heterocycles. The van der Waals surface area contributed by atoms with Gasteiger partial charge in [-0.25, -0.2) is 4.79 Å². The summed E-state index contributed by atoms with van der Waals surface area (Å²) in [5.74, 6) is -7.48. The van der Waals surface area contributed by atoms with Gasteiger partial charge in [0.05, 0.1) is 19.1 Å². The van der Waals surface area contributed by atoms with Crippen LogP contribution in [0.1, 0.15) is 19.3 Å². The molecular weight excluding hydrogens is 428 g/mol. The van der Waals surface area contributed by atoms with Gasteiger partial charge in [0.2, 0.25) is 17.7 Å². The highest BCUT2D eigenvalue weighted by atomic mass is 32.1. The van der Waals surface area contributed by atoms with Crippen LogP contribution in [0.2, 0.25) is 0 Å². The SMILES string of the molecule is NC(CC(=O)O)C(=O)NC(CS)C(=O)NC(CCC(=O)O)C(=O)NC(CO)C(=O)O. The van der Waals surface area contributed by atoms with Gasteiger partial charge < -0.3 is 42.1 Å². The molecular formula is C15H24N4O10S. The zero-order chi connectivity index (χ0) is 23.4. The molecule has 170 valence electrons. The maximum atomic E-state index is 12.4. The Bertz CT molecular complexity index is 674. The molecule has 0 spiro atoms. The summed E-state index contributed by atoms with van der Waals surface area (Å²) < 4.78 is 0. The smallest absolute Gasteiger partial charge is 0.328 e. The Kier molecular flexibility index (Phi) is 12.0. The zero-order valence-corrected chi connectivity index (χ0v) is 16.5. The average molecular weight is 452 g/mol. The Morgan fingerprint density at radius 1 is 0.800 bits per heavy atom. The zero-order valence-electron chi connectivity index (χ0n) is 15.6. The lowest BCUT2D eigenvalue weighted by molar-refractivity contribution is -0.144. The lowest BCUT2D eigenvalue weighted by atomic mass is 10.1. The van der Waals surface area contributed by atoms with Crippen molar-refractivity contribution in [3.8, 4) is 0 Å². The standard InChI is InChI=1S/C15H24N4O10S/c16-6(3-11(23)24)12(25)19-9(5-30)14(27)17-7(1-2-10(21)22)13(26)18-8(4-20)15(28)29/h6-9,20,30H,1-5,16H2,(H,17,27)(H,18,26)(H,19,25)(H,21,22)(H,23,24)(H,28,29). The van der Waals surface area contributed by atoms with E-state index in [0.717, 1.165) is 0 Å². The first-order chi connectivity index (χ1) is 13.9. The molecule has 30 heavy (non-hydrogen) atoms. The van der Waals surface area contributed by atoms with E-state index < -0.39 is 85.7 Å². The van der Waals surface area contributed by atoms with E-state index in [1.807, 2.05) is 5.32 Å². The first-order valence-electron chi connectivity index (χ1n) is 8.47. The van der Waals surface area contributed by atoms with E-state index in [-0.39, 0.29) is 5.75 Å². The number of aliphatic carboxylic acids is 3. The maximum Gasteiger partial charge on any atom is 0.328 e. The molecule has 0 aromatic rings. The van der Waals surface area contributed by atoms with Crippen molar-refractivity contribution in [1.82, 2.24) is 16.0 Å². The topological polar surface area (TPSA) is 245 Å². The van der Waals surface area contributed by atoms with Crippen LogP contribution in [0, 0.1) is 0 Å². The van der Waals surface area contributed by atoms with Gasteiger partial charge in [0.1, 0.15) is 18.1 Å². The summed E-state index contributed by atoms with van der Waals surface area (Å²) in [6.07, 6.45) is -1.68. The molecule has 0 aliphatic rings. The van der Waals surface area contributed by atoms with Crippen molar-refractivity contribution in [2.45, 2.75) is 43.4 Å². The van der Waals surface area contributed by atoms with Crippen molar-refractivity contribution < 1.29 is 49.2 Å². The lowest BCUT2D eigenvalue weighted by Crippen LogP contribution is -2.58. The van der Waals surface area contributed by atoms with Crippen LogP contribution in [0.4, 0.5) is 0 Å². The fourth-order valence-corrected chi connectivity index (χ4v) is 2.28. The summed E-state index contributed by atoms with van der Waals surface area (Å²) in [6.45, 7) is -0.947. The molecule has 0 aliphatic carbocycles. The van der Waals surface area contributed by atoms with Gasteiger partial charge in [-0.05, 0) is 6.42 Å². The van der Waals surface area contributed by atoms with Gasteiger partial charge in [0, 0.05) is 12.2 Å². The molecule has 0 radical (unpaired) electrons. The minimum absolute atomic E-state index is 0.279. The summed E-state index contributed by atoms with van der Waals surface area (Å²) >= 11 is 3.89. The summed E-state index contributed by atoms with van der Waals surface area (Å²) in [5, 5.41) is 41.6. The van der Waals surface area contributed by atoms with Crippen molar-refractivity contribution >= 4 is 48.3 Å². The number of rotatable bonds is 14. The molecule has 0 aliphatic heterocycles. The number of aliphatic hydroxyl groups excluding tert-OH is 1. The third-order valence-corrected chi connectivity index (χ3v) is 3.99. The van der Waals surface area contributed by atoms with Gasteiger partial charge >= 0.3 is 17.9 Å². The van der Waals surface area contributed by atoms with E-state index in [0.29, 0.717) is 0 Å². The number of aliphatic hydroxyl groups is 1. The minimum atomic E-state index is -1.68. The van der Waals surface area contributed by atoms with Crippen LogP contribution in [0.25, 0.3) is 0 Å². The number of hydrogen-bond acceptors (Lipinski definition) is 9. The van der Waals surface area contributed by atoms with E-state index in [9.17, 15) is 28.8 Å². The van der Waals surface area contributed by atoms with Gasteiger partial charge in [0.25, 0.3) is 0 Å². The third-order valence-electron chi connectivity index (χ3n) is 3.62. The first-order valence-corrected chi connectivity index (χ1v) is 9.10. The largest absolute Gasteiger partial charge is 0.481 e. The monoisotopic (exact) mass is 452 g/mol. The molecule has 4 atom stereocenters. The Balaban J connectivity index is 5.23. The number of carboxylic acids is 3. The number of thiol groups is 1. The fraction of sp³-hybridized carbons (Fsp3) is 0.600. The van der Waals surface area contributed by atoms with E-state index in [2.05, 4.69) is 23.3 Å². The number of hydrogen-bond donors (Lipinski definition) is 9. The van der Waals surface area contributed by atoms with Crippen molar-refractivity contribution in [3.63, 3.8) is 0 Å². The second-order valence-electron chi connectivity index (χ2n) is 6.02. The van der Waals surface area contributed by atoms with Gasteiger partial charge in [0.15, 0.2) is 0 Å². The maximum absolute atomic E-state index is 12.4. The highest BCUT2D eigenvalue weighted by Gasteiger charge is 2.30. The summed E-state index contributed by atoms with van der Waals surface area (Å²) in [4.78, 5) is 68.8. The van der Waals surface area contributed by atoms with Gasteiger partial charge in [-0.1, -0.05) is 0 Å². The number of nitrogens with two attached hydrogens (primary N) is 1. The molecule has 14 nitrogen and oxygen atoms in total. The van der Waals surface area contributed by atoms with Crippen LogP contribution in [0.3, 0.4) is 0 Å². The number of carboxylic acid groups (broad SMARTS) is 3. The summed E-state index contributed by atoms with van der Waals surface area (Å²) in [5.41, 5.74) is 5.39. The second-order valence-corrected chi connectivity index (χ2v) is 6.39. The molecule has 0 saturated heterocycles. The Morgan fingerprint density at radius 2 is 1.30 bits per heavy atom. The molecule has 0 aromatic carbocycles. The number of amides is 3. The van der Waals surface area contributed by atoms with Crippen LogP contribution >= 0.6 is 12.6 Å². The van der Waals surface area contributed by atoms with E-state index >= 15 is 0 Å². The fourth-order valence-electron chi connectivity index (χ4n) is 2.02. The highest BCUT2D eigenvalue weighted by molar-refractivity contribution is 7.80. The van der Waals surface area contributed by atoms with Crippen molar-refractivity contribution in [2.75, 3.05) is 12.4 Å². The van der Waals surface area contributed by atoms with Crippen LogP contribution in [-0.4, -0.2) is 92.6 Å². The van der Waals surface area contributed by atoms with Gasteiger partial charge in [-0.15, -0.1) is 0 Å². The number of nitrogens with one attached hydrogen (secondary N) is 3. The van der Waals surface area contributed by atoms with Gasteiger partial charge in [-0.3, -0.25) is 24.0 Å². The second kappa shape index (κ2) is 13.3. The Labute approximate surface area is 175 Å². The van der Waals surface area contributed by atoms with Crippen LogP contribution in [0.5, 0.6) is 0 Å². The van der Waals surface area contributed by atoms with Crippen molar-refractivity contribution in [1.29, 1.82) is 0 Å². The molecule has 0 aromatic heterocycles. The molecule has 9 N–H and O–H groups in total. The highest BCUT2D eigenvalue weighted by Crippen LogP contribution is 2.02. The Morgan fingerprint density at radius 3 is 1.73 bits per heavy atom.